The Morgan fingerprint density at radius 2 is 1.72 bits per heavy atom. The highest BCUT2D eigenvalue weighted by molar-refractivity contribution is 6.34. The lowest BCUT2D eigenvalue weighted by atomic mass is 9.97. The van der Waals surface area contributed by atoms with Crippen LogP contribution in [0.3, 0.4) is 0 Å². The molecule has 2 aromatic rings. The van der Waals surface area contributed by atoms with E-state index in [9.17, 15) is 0 Å². The SMILES string of the molecule is Clc1c(OCCCN2CCCC2)cccc1-c1cccc2c1CCC2. The van der Waals surface area contributed by atoms with Crippen LogP contribution in [-0.4, -0.2) is 31.1 Å². The Morgan fingerprint density at radius 1 is 0.920 bits per heavy atom. The summed E-state index contributed by atoms with van der Waals surface area (Å²) >= 11 is 6.72. The second-order valence-corrected chi connectivity index (χ2v) is 7.54. The largest absolute Gasteiger partial charge is 0.492 e. The summed E-state index contributed by atoms with van der Waals surface area (Å²) in [6, 6.07) is 12.8. The molecule has 0 bridgehead atoms. The summed E-state index contributed by atoms with van der Waals surface area (Å²) in [4.78, 5) is 2.52. The standard InChI is InChI=1S/C22H26ClNO/c23-22-20(19-10-4-8-17-7-3-9-18(17)19)11-5-12-21(22)25-16-6-15-24-13-1-2-14-24/h4-5,8,10-12H,1-3,6-7,9,13-16H2. The number of likely N-dealkylation sites (tertiary alicyclic amines) is 1. The Balaban J connectivity index is 1.46. The van der Waals surface area contributed by atoms with Crippen molar-refractivity contribution in [2.75, 3.05) is 26.2 Å². The number of nitrogens with zero attached hydrogens (tertiary/aromatic N) is 1. The first-order valence-corrected chi connectivity index (χ1v) is 9.95. The van der Waals surface area contributed by atoms with Gasteiger partial charge in [0.2, 0.25) is 0 Å². The van der Waals surface area contributed by atoms with Gasteiger partial charge in [-0.3, -0.25) is 0 Å². The molecule has 0 radical (unpaired) electrons. The Morgan fingerprint density at radius 3 is 2.60 bits per heavy atom. The van der Waals surface area contributed by atoms with Gasteiger partial charge in [-0.2, -0.15) is 0 Å². The van der Waals surface area contributed by atoms with E-state index in [1.807, 2.05) is 6.07 Å². The van der Waals surface area contributed by atoms with E-state index < -0.39 is 0 Å². The molecule has 25 heavy (non-hydrogen) atoms. The fraction of sp³-hybridized carbons (Fsp3) is 0.455. The number of ether oxygens (including phenoxy) is 1. The van der Waals surface area contributed by atoms with Gasteiger partial charge in [-0.1, -0.05) is 41.9 Å². The predicted octanol–water partition coefficient (Wildman–Crippen LogP) is 5.36. The van der Waals surface area contributed by atoms with Crippen molar-refractivity contribution in [1.82, 2.24) is 4.90 Å². The van der Waals surface area contributed by atoms with Gasteiger partial charge in [0.15, 0.2) is 0 Å². The zero-order valence-corrected chi connectivity index (χ0v) is 15.5. The van der Waals surface area contributed by atoms with E-state index in [0.29, 0.717) is 0 Å². The number of halogens is 1. The molecule has 1 aliphatic heterocycles. The van der Waals surface area contributed by atoms with Crippen molar-refractivity contribution in [3.05, 3.63) is 52.5 Å². The number of benzene rings is 2. The van der Waals surface area contributed by atoms with Crippen LogP contribution in [0.4, 0.5) is 0 Å². The van der Waals surface area contributed by atoms with Gasteiger partial charge in [0.25, 0.3) is 0 Å². The molecule has 1 fully saturated rings. The molecule has 1 heterocycles. The summed E-state index contributed by atoms with van der Waals surface area (Å²) < 4.78 is 6.02. The van der Waals surface area contributed by atoms with Gasteiger partial charge >= 0.3 is 0 Å². The van der Waals surface area contributed by atoms with E-state index in [0.717, 1.165) is 42.3 Å². The van der Waals surface area contributed by atoms with Gasteiger partial charge in [-0.15, -0.1) is 0 Å². The molecule has 0 saturated carbocycles. The van der Waals surface area contributed by atoms with Crippen LogP contribution < -0.4 is 4.74 Å². The first-order valence-electron chi connectivity index (χ1n) is 9.58. The number of aryl methyl sites for hydroxylation is 1. The predicted molar refractivity (Wildman–Crippen MR) is 105 cm³/mol. The zero-order valence-electron chi connectivity index (χ0n) is 14.8. The molecule has 3 heteroatoms. The molecule has 0 atom stereocenters. The fourth-order valence-corrected chi connectivity index (χ4v) is 4.46. The van der Waals surface area contributed by atoms with Gasteiger partial charge < -0.3 is 9.64 Å². The molecule has 132 valence electrons. The lowest BCUT2D eigenvalue weighted by molar-refractivity contribution is 0.263. The highest BCUT2D eigenvalue weighted by Gasteiger charge is 2.18. The zero-order chi connectivity index (χ0) is 17.1. The van der Waals surface area contributed by atoms with Crippen LogP contribution in [0.1, 0.15) is 36.8 Å². The average Bonchev–Trinajstić information content (AvgIpc) is 3.31. The third-order valence-corrected chi connectivity index (χ3v) is 5.86. The highest BCUT2D eigenvalue weighted by atomic mass is 35.5. The molecule has 0 aromatic heterocycles. The summed E-state index contributed by atoms with van der Waals surface area (Å²) in [6.07, 6.45) is 7.33. The normalized spacial score (nSPS) is 17.0. The summed E-state index contributed by atoms with van der Waals surface area (Å²) in [5.74, 6) is 0.816. The van der Waals surface area contributed by atoms with E-state index >= 15 is 0 Å². The van der Waals surface area contributed by atoms with Crippen LogP contribution in [0.5, 0.6) is 5.75 Å². The topological polar surface area (TPSA) is 12.5 Å². The lowest BCUT2D eigenvalue weighted by Gasteiger charge is -2.16. The molecule has 0 N–H and O–H groups in total. The van der Waals surface area contributed by atoms with E-state index in [-0.39, 0.29) is 0 Å². The van der Waals surface area contributed by atoms with Crippen LogP contribution in [0.25, 0.3) is 11.1 Å². The van der Waals surface area contributed by atoms with Crippen LogP contribution >= 0.6 is 11.6 Å². The van der Waals surface area contributed by atoms with Crippen molar-refractivity contribution >= 4 is 11.6 Å². The first kappa shape index (κ1) is 16.9. The summed E-state index contributed by atoms with van der Waals surface area (Å²) in [5.41, 5.74) is 5.33. The van der Waals surface area contributed by atoms with E-state index in [2.05, 4.69) is 35.2 Å². The van der Waals surface area contributed by atoms with Crippen molar-refractivity contribution in [2.45, 2.75) is 38.5 Å². The minimum Gasteiger partial charge on any atom is -0.492 e. The molecule has 2 nitrogen and oxygen atoms in total. The third-order valence-electron chi connectivity index (χ3n) is 5.47. The van der Waals surface area contributed by atoms with Crippen molar-refractivity contribution in [1.29, 1.82) is 0 Å². The minimum absolute atomic E-state index is 0.729. The molecule has 0 spiro atoms. The highest BCUT2D eigenvalue weighted by Crippen LogP contribution is 2.39. The number of fused-ring (bicyclic) bond motifs is 1. The molecule has 1 aliphatic carbocycles. The molecular weight excluding hydrogens is 330 g/mol. The summed E-state index contributed by atoms with van der Waals surface area (Å²) in [6.45, 7) is 4.35. The maximum Gasteiger partial charge on any atom is 0.138 e. The van der Waals surface area contributed by atoms with Crippen LogP contribution in [0.15, 0.2) is 36.4 Å². The van der Waals surface area contributed by atoms with E-state index in [1.54, 1.807) is 0 Å². The van der Waals surface area contributed by atoms with Crippen LogP contribution in [0.2, 0.25) is 5.02 Å². The molecule has 2 aromatic carbocycles. The maximum absolute atomic E-state index is 6.72. The van der Waals surface area contributed by atoms with Crippen molar-refractivity contribution < 1.29 is 4.74 Å². The van der Waals surface area contributed by atoms with Crippen molar-refractivity contribution in [3.8, 4) is 16.9 Å². The quantitative estimate of drug-likeness (QED) is 0.647. The summed E-state index contributed by atoms with van der Waals surface area (Å²) in [7, 11) is 0. The number of rotatable bonds is 6. The van der Waals surface area contributed by atoms with Crippen LogP contribution in [0, 0.1) is 0 Å². The lowest BCUT2D eigenvalue weighted by Crippen LogP contribution is -2.21. The van der Waals surface area contributed by atoms with E-state index in [1.165, 1.54) is 55.5 Å². The summed E-state index contributed by atoms with van der Waals surface area (Å²) in [5, 5.41) is 0.754. The Labute approximate surface area is 155 Å². The van der Waals surface area contributed by atoms with Gasteiger partial charge in [-0.05, 0) is 74.4 Å². The Kier molecular flexibility index (Phi) is 5.28. The minimum atomic E-state index is 0.729. The smallest absolute Gasteiger partial charge is 0.138 e. The fourth-order valence-electron chi connectivity index (χ4n) is 4.18. The van der Waals surface area contributed by atoms with Crippen LogP contribution in [-0.2, 0) is 12.8 Å². The molecule has 0 amide bonds. The van der Waals surface area contributed by atoms with Crippen molar-refractivity contribution in [2.24, 2.45) is 0 Å². The Hall–Kier alpha value is -1.51. The van der Waals surface area contributed by atoms with Gasteiger partial charge in [0, 0.05) is 12.1 Å². The molecule has 0 unspecified atom stereocenters. The maximum atomic E-state index is 6.72. The number of hydrogen-bond donors (Lipinski definition) is 0. The van der Waals surface area contributed by atoms with Gasteiger partial charge in [-0.25, -0.2) is 0 Å². The van der Waals surface area contributed by atoms with Gasteiger partial charge in [0.05, 0.1) is 11.6 Å². The third kappa shape index (κ3) is 3.70. The number of hydrogen-bond acceptors (Lipinski definition) is 2. The average molecular weight is 356 g/mol. The molecular formula is C22H26ClNO. The second kappa shape index (κ2) is 7.80. The van der Waals surface area contributed by atoms with E-state index in [4.69, 9.17) is 16.3 Å². The Bertz CT molecular complexity index is 737. The molecule has 2 aliphatic rings. The van der Waals surface area contributed by atoms with Gasteiger partial charge in [0.1, 0.15) is 5.75 Å². The monoisotopic (exact) mass is 355 g/mol. The first-order chi connectivity index (χ1) is 12.3. The van der Waals surface area contributed by atoms with Crippen molar-refractivity contribution in [3.63, 3.8) is 0 Å². The molecule has 1 saturated heterocycles. The molecule has 4 rings (SSSR count). The second-order valence-electron chi connectivity index (χ2n) is 7.17.